The van der Waals surface area contributed by atoms with Crippen LogP contribution in [-0.4, -0.2) is 5.75 Å². The Morgan fingerprint density at radius 3 is 2.50 bits per heavy atom. The van der Waals surface area contributed by atoms with E-state index in [1.54, 1.807) is 0 Å². The minimum atomic E-state index is 0.856. The van der Waals surface area contributed by atoms with Crippen molar-refractivity contribution in [3.63, 3.8) is 0 Å². The molecule has 0 aromatic carbocycles. The number of unbranched alkanes of at least 4 members (excludes halogenated alkanes) is 1. The van der Waals surface area contributed by atoms with E-state index in [0.29, 0.717) is 0 Å². The molecule has 0 aromatic rings. The van der Waals surface area contributed by atoms with Crippen molar-refractivity contribution in [3.05, 3.63) is 0 Å². The van der Waals surface area contributed by atoms with Gasteiger partial charge in [0, 0.05) is 5.75 Å². The summed E-state index contributed by atoms with van der Waals surface area (Å²) in [5, 5.41) is 5.39. The maximum atomic E-state index is 5.39. The molecule has 1 atom stereocenters. The van der Waals surface area contributed by atoms with E-state index in [1.165, 1.54) is 37.6 Å². The lowest BCUT2D eigenvalue weighted by Gasteiger charge is -2.11. The summed E-state index contributed by atoms with van der Waals surface area (Å²) >= 11 is 1.48. The second-order valence-electron chi connectivity index (χ2n) is 2.75. The van der Waals surface area contributed by atoms with Crippen LogP contribution in [-0.2, 0) is 0 Å². The summed E-state index contributed by atoms with van der Waals surface area (Å²) in [6.45, 7) is 4.48. The average Bonchev–Trinajstić information content (AvgIpc) is 1.98. The largest absolute Gasteiger partial charge is 0.278 e. The fraction of sp³-hybridized carbons (Fsp3) is 1.00. The molecule has 0 amide bonds. The maximum absolute atomic E-state index is 5.39. The highest BCUT2D eigenvalue weighted by atomic mass is 32.2. The number of nitrogens with two attached hydrogens (primary N) is 1. The van der Waals surface area contributed by atoms with E-state index < -0.39 is 0 Å². The molecule has 0 heterocycles. The minimum Gasteiger partial charge on any atom is -0.278 e. The standard InChI is InChI=1S/C8H19NS/c1-3-5-6-8(4-2)7-10-9/h8H,3-7,9H2,1-2H3. The van der Waals surface area contributed by atoms with E-state index in [-0.39, 0.29) is 0 Å². The van der Waals surface area contributed by atoms with E-state index in [0.717, 1.165) is 11.7 Å². The zero-order valence-corrected chi connectivity index (χ0v) is 7.91. The zero-order chi connectivity index (χ0) is 7.82. The molecule has 0 rings (SSSR count). The van der Waals surface area contributed by atoms with Gasteiger partial charge in [-0.25, -0.2) is 0 Å². The first-order chi connectivity index (χ1) is 4.85. The molecule has 0 aliphatic carbocycles. The molecule has 0 spiro atoms. The van der Waals surface area contributed by atoms with Crippen molar-refractivity contribution in [2.75, 3.05) is 5.75 Å². The number of hydrogen-bond donors (Lipinski definition) is 1. The molecule has 0 bridgehead atoms. The van der Waals surface area contributed by atoms with Gasteiger partial charge in [-0.1, -0.05) is 45.1 Å². The van der Waals surface area contributed by atoms with Gasteiger partial charge >= 0.3 is 0 Å². The summed E-state index contributed by atoms with van der Waals surface area (Å²) in [7, 11) is 0. The third-order valence-electron chi connectivity index (χ3n) is 1.88. The van der Waals surface area contributed by atoms with Gasteiger partial charge in [0.1, 0.15) is 0 Å². The van der Waals surface area contributed by atoms with Crippen molar-refractivity contribution in [1.82, 2.24) is 0 Å². The van der Waals surface area contributed by atoms with Crippen LogP contribution in [0.25, 0.3) is 0 Å². The summed E-state index contributed by atoms with van der Waals surface area (Å²) < 4.78 is 0. The molecule has 0 aromatic heterocycles. The van der Waals surface area contributed by atoms with Crippen LogP contribution in [0, 0.1) is 5.92 Å². The molecule has 0 aliphatic heterocycles. The quantitative estimate of drug-likeness (QED) is 0.606. The molecule has 1 nitrogen and oxygen atoms in total. The van der Waals surface area contributed by atoms with Gasteiger partial charge in [-0.2, -0.15) is 0 Å². The highest BCUT2D eigenvalue weighted by Gasteiger charge is 2.03. The van der Waals surface area contributed by atoms with Crippen LogP contribution >= 0.6 is 11.9 Å². The Morgan fingerprint density at radius 2 is 2.10 bits per heavy atom. The predicted molar refractivity (Wildman–Crippen MR) is 50.0 cm³/mol. The first kappa shape index (κ1) is 10.3. The van der Waals surface area contributed by atoms with Crippen LogP contribution in [0.15, 0.2) is 0 Å². The lowest BCUT2D eigenvalue weighted by atomic mass is 10.0. The van der Waals surface area contributed by atoms with Gasteiger partial charge in [0.2, 0.25) is 0 Å². The molecule has 0 fully saturated rings. The molecule has 1 unspecified atom stereocenters. The highest BCUT2D eigenvalue weighted by molar-refractivity contribution is 7.97. The van der Waals surface area contributed by atoms with Crippen molar-refractivity contribution in [2.24, 2.45) is 11.1 Å². The van der Waals surface area contributed by atoms with Gasteiger partial charge in [0.15, 0.2) is 0 Å². The first-order valence-corrected chi connectivity index (χ1v) is 5.21. The van der Waals surface area contributed by atoms with E-state index in [4.69, 9.17) is 5.14 Å². The maximum Gasteiger partial charge on any atom is 0.0105 e. The van der Waals surface area contributed by atoms with Gasteiger partial charge in [-0.3, -0.25) is 5.14 Å². The molecule has 2 N–H and O–H groups in total. The van der Waals surface area contributed by atoms with Crippen molar-refractivity contribution >= 4 is 11.9 Å². The van der Waals surface area contributed by atoms with Crippen molar-refractivity contribution in [3.8, 4) is 0 Å². The normalized spacial score (nSPS) is 13.5. The Balaban J connectivity index is 3.21. The van der Waals surface area contributed by atoms with E-state index >= 15 is 0 Å². The molecule has 0 saturated heterocycles. The Bertz CT molecular complexity index is 66.3. The Labute approximate surface area is 68.9 Å². The molecule has 2 heteroatoms. The van der Waals surface area contributed by atoms with Gasteiger partial charge < -0.3 is 0 Å². The van der Waals surface area contributed by atoms with Crippen LogP contribution in [0.4, 0.5) is 0 Å². The van der Waals surface area contributed by atoms with Crippen LogP contribution in [0.3, 0.4) is 0 Å². The fourth-order valence-electron chi connectivity index (χ4n) is 1.03. The molecular weight excluding hydrogens is 142 g/mol. The van der Waals surface area contributed by atoms with Crippen LogP contribution in [0.2, 0.25) is 0 Å². The van der Waals surface area contributed by atoms with Gasteiger partial charge in [-0.05, 0) is 12.3 Å². The number of hydrogen-bond acceptors (Lipinski definition) is 2. The second kappa shape index (κ2) is 7.42. The molecule has 10 heavy (non-hydrogen) atoms. The van der Waals surface area contributed by atoms with E-state index in [2.05, 4.69) is 13.8 Å². The molecule has 0 aliphatic rings. The van der Waals surface area contributed by atoms with Crippen molar-refractivity contribution in [1.29, 1.82) is 0 Å². The smallest absolute Gasteiger partial charge is 0.0105 e. The van der Waals surface area contributed by atoms with Crippen LogP contribution in [0.5, 0.6) is 0 Å². The zero-order valence-electron chi connectivity index (χ0n) is 7.10. The van der Waals surface area contributed by atoms with Crippen molar-refractivity contribution < 1.29 is 0 Å². The first-order valence-electron chi connectivity index (χ1n) is 4.16. The summed E-state index contributed by atoms with van der Waals surface area (Å²) in [5.74, 6) is 1.99. The molecule has 0 radical (unpaired) electrons. The third-order valence-corrected chi connectivity index (χ3v) is 2.54. The lowest BCUT2D eigenvalue weighted by molar-refractivity contribution is 0.499. The summed E-state index contributed by atoms with van der Waals surface area (Å²) in [6, 6.07) is 0. The molecule has 62 valence electrons. The van der Waals surface area contributed by atoms with Gasteiger partial charge in [-0.15, -0.1) is 0 Å². The highest BCUT2D eigenvalue weighted by Crippen LogP contribution is 2.15. The predicted octanol–water partition coefficient (Wildman–Crippen LogP) is 2.81. The Kier molecular flexibility index (Phi) is 7.65. The Hall–Kier alpha value is 0.310. The average molecular weight is 161 g/mol. The molecular formula is C8H19NS. The van der Waals surface area contributed by atoms with E-state index in [1.807, 2.05) is 0 Å². The third kappa shape index (κ3) is 5.12. The Morgan fingerprint density at radius 1 is 1.40 bits per heavy atom. The van der Waals surface area contributed by atoms with Crippen molar-refractivity contribution in [2.45, 2.75) is 39.5 Å². The second-order valence-corrected chi connectivity index (χ2v) is 3.42. The lowest BCUT2D eigenvalue weighted by Crippen LogP contribution is -2.03. The number of rotatable bonds is 6. The minimum absolute atomic E-state index is 0.856. The monoisotopic (exact) mass is 161 g/mol. The van der Waals surface area contributed by atoms with E-state index in [9.17, 15) is 0 Å². The summed E-state index contributed by atoms with van der Waals surface area (Å²) in [5.41, 5.74) is 0. The summed E-state index contributed by atoms with van der Waals surface area (Å²) in [4.78, 5) is 0. The topological polar surface area (TPSA) is 26.0 Å². The van der Waals surface area contributed by atoms with Crippen LogP contribution < -0.4 is 5.14 Å². The van der Waals surface area contributed by atoms with Gasteiger partial charge in [0.05, 0.1) is 0 Å². The van der Waals surface area contributed by atoms with Crippen LogP contribution in [0.1, 0.15) is 39.5 Å². The van der Waals surface area contributed by atoms with Gasteiger partial charge in [0.25, 0.3) is 0 Å². The summed E-state index contributed by atoms with van der Waals surface area (Å²) in [6.07, 6.45) is 5.31. The SMILES string of the molecule is CCCCC(CC)CSN. The molecule has 0 saturated carbocycles. The fourth-order valence-corrected chi connectivity index (χ4v) is 1.71.